The van der Waals surface area contributed by atoms with Crippen molar-refractivity contribution in [2.45, 2.75) is 46.3 Å². The van der Waals surface area contributed by atoms with Crippen molar-refractivity contribution >= 4 is 23.2 Å². The molecule has 0 bridgehead atoms. The Morgan fingerprint density at radius 2 is 1.83 bits per heavy atom. The SMILES string of the molecule is CC(C)(C)CC(=O)N(Cc1ccc(F)cc1)C[C@H]1CC(c2ccc(Cl)cc2)=NO1. The van der Waals surface area contributed by atoms with E-state index < -0.39 is 0 Å². The molecular weight excluding hydrogens is 391 g/mol. The van der Waals surface area contributed by atoms with Crippen LogP contribution >= 0.6 is 11.6 Å². The summed E-state index contributed by atoms with van der Waals surface area (Å²) in [6.45, 7) is 6.94. The molecule has 0 saturated carbocycles. The Kier molecular flexibility index (Phi) is 6.58. The number of halogens is 2. The zero-order valence-electron chi connectivity index (χ0n) is 17.0. The third kappa shape index (κ3) is 6.29. The zero-order valence-corrected chi connectivity index (χ0v) is 17.7. The van der Waals surface area contributed by atoms with E-state index in [1.54, 1.807) is 17.0 Å². The molecule has 1 heterocycles. The van der Waals surface area contributed by atoms with Crippen LogP contribution < -0.4 is 0 Å². The van der Waals surface area contributed by atoms with Crippen LogP contribution in [0.15, 0.2) is 53.7 Å². The maximum Gasteiger partial charge on any atom is 0.223 e. The van der Waals surface area contributed by atoms with E-state index in [0.717, 1.165) is 16.8 Å². The van der Waals surface area contributed by atoms with Crippen molar-refractivity contribution in [2.24, 2.45) is 10.6 Å². The second-order valence-electron chi connectivity index (χ2n) is 8.61. The third-order valence-corrected chi connectivity index (χ3v) is 4.91. The summed E-state index contributed by atoms with van der Waals surface area (Å²) in [5, 5.41) is 4.88. The van der Waals surface area contributed by atoms with Gasteiger partial charge in [-0.2, -0.15) is 0 Å². The Hall–Kier alpha value is -2.40. The predicted molar refractivity (Wildman–Crippen MR) is 113 cm³/mol. The number of amides is 1. The topological polar surface area (TPSA) is 41.9 Å². The van der Waals surface area contributed by atoms with Gasteiger partial charge in [0.05, 0.1) is 12.3 Å². The van der Waals surface area contributed by atoms with Crippen LogP contribution in [0, 0.1) is 11.2 Å². The molecule has 0 spiro atoms. The number of nitrogens with zero attached hydrogens (tertiary/aromatic N) is 2. The lowest BCUT2D eigenvalue weighted by molar-refractivity contribution is -0.135. The monoisotopic (exact) mass is 416 g/mol. The quantitative estimate of drug-likeness (QED) is 0.629. The van der Waals surface area contributed by atoms with Crippen molar-refractivity contribution in [3.05, 3.63) is 70.5 Å². The van der Waals surface area contributed by atoms with E-state index in [-0.39, 0.29) is 23.2 Å². The lowest BCUT2D eigenvalue weighted by Gasteiger charge is -2.28. The molecule has 1 aliphatic heterocycles. The first kappa shape index (κ1) is 21.3. The molecule has 29 heavy (non-hydrogen) atoms. The van der Waals surface area contributed by atoms with Crippen molar-refractivity contribution < 1.29 is 14.0 Å². The van der Waals surface area contributed by atoms with Gasteiger partial charge in [-0.3, -0.25) is 4.79 Å². The summed E-state index contributed by atoms with van der Waals surface area (Å²) >= 11 is 5.95. The fourth-order valence-corrected chi connectivity index (χ4v) is 3.34. The summed E-state index contributed by atoms with van der Waals surface area (Å²) in [5.74, 6) is -0.244. The number of carbonyl (C=O) groups excluding carboxylic acids is 1. The van der Waals surface area contributed by atoms with Crippen molar-refractivity contribution in [2.75, 3.05) is 6.54 Å². The van der Waals surface area contributed by atoms with Crippen LogP contribution in [0.1, 0.15) is 44.7 Å². The number of benzene rings is 2. The highest BCUT2D eigenvalue weighted by Crippen LogP contribution is 2.24. The van der Waals surface area contributed by atoms with Gasteiger partial charge in [-0.05, 0) is 40.8 Å². The Morgan fingerprint density at radius 1 is 1.17 bits per heavy atom. The first-order valence-electron chi connectivity index (χ1n) is 9.70. The fourth-order valence-electron chi connectivity index (χ4n) is 3.22. The van der Waals surface area contributed by atoms with Crippen molar-refractivity contribution in [1.29, 1.82) is 0 Å². The second-order valence-corrected chi connectivity index (χ2v) is 9.05. The Labute approximate surface area is 176 Å². The minimum Gasteiger partial charge on any atom is -0.390 e. The zero-order chi connectivity index (χ0) is 21.0. The van der Waals surface area contributed by atoms with E-state index in [4.69, 9.17) is 16.4 Å². The highest BCUT2D eigenvalue weighted by molar-refractivity contribution is 6.30. The molecule has 1 amide bonds. The number of oxime groups is 1. The molecule has 0 aliphatic carbocycles. The Balaban J connectivity index is 1.68. The van der Waals surface area contributed by atoms with Gasteiger partial charge < -0.3 is 9.74 Å². The van der Waals surface area contributed by atoms with E-state index in [1.807, 2.05) is 45.0 Å². The number of hydrogen-bond donors (Lipinski definition) is 0. The summed E-state index contributed by atoms with van der Waals surface area (Å²) in [6, 6.07) is 13.7. The summed E-state index contributed by atoms with van der Waals surface area (Å²) in [6.07, 6.45) is 0.820. The van der Waals surface area contributed by atoms with Gasteiger partial charge in [0.25, 0.3) is 0 Å². The van der Waals surface area contributed by atoms with Crippen LogP contribution in [-0.4, -0.2) is 29.2 Å². The molecule has 0 radical (unpaired) electrons. The van der Waals surface area contributed by atoms with Crippen molar-refractivity contribution in [3.63, 3.8) is 0 Å². The average molecular weight is 417 g/mol. The van der Waals surface area contributed by atoms with Crippen LogP contribution in [0.2, 0.25) is 5.02 Å². The van der Waals surface area contributed by atoms with Gasteiger partial charge in [-0.25, -0.2) is 4.39 Å². The molecule has 3 rings (SSSR count). The molecule has 0 fully saturated rings. The standard InChI is InChI=1S/C23H26ClFN2O2/c1-23(2,3)13-22(28)27(14-16-4-10-19(25)11-5-16)15-20-12-21(26-29-20)17-6-8-18(24)9-7-17/h4-11,20H,12-15H2,1-3H3/t20-/m1/s1. The van der Waals surface area contributed by atoms with Crippen LogP contribution in [0.3, 0.4) is 0 Å². The van der Waals surface area contributed by atoms with Gasteiger partial charge in [0.1, 0.15) is 5.82 Å². The molecule has 1 aliphatic rings. The number of hydrogen-bond acceptors (Lipinski definition) is 3. The second kappa shape index (κ2) is 8.95. The minimum atomic E-state index is -0.290. The Morgan fingerprint density at radius 3 is 2.45 bits per heavy atom. The molecule has 0 saturated heterocycles. The Bertz CT molecular complexity index is 873. The van der Waals surface area contributed by atoms with Crippen molar-refractivity contribution in [3.8, 4) is 0 Å². The largest absolute Gasteiger partial charge is 0.390 e. The minimum absolute atomic E-state index is 0.0466. The molecule has 0 unspecified atom stereocenters. The maximum atomic E-state index is 13.2. The van der Waals surface area contributed by atoms with Crippen molar-refractivity contribution in [1.82, 2.24) is 4.90 Å². The summed E-state index contributed by atoms with van der Waals surface area (Å²) in [7, 11) is 0. The van der Waals surface area contributed by atoms with Crippen LogP contribution in [0.25, 0.3) is 0 Å². The molecule has 4 nitrogen and oxygen atoms in total. The highest BCUT2D eigenvalue weighted by atomic mass is 35.5. The van der Waals surface area contributed by atoms with E-state index in [2.05, 4.69) is 5.16 Å². The number of rotatable bonds is 6. The first-order valence-corrected chi connectivity index (χ1v) is 10.1. The van der Waals surface area contributed by atoms with E-state index in [0.29, 0.717) is 31.0 Å². The van der Waals surface area contributed by atoms with Gasteiger partial charge in [0.15, 0.2) is 6.10 Å². The molecule has 2 aromatic rings. The highest BCUT2D eigenvalue weighted by Gasteiger charge is 2.28. The van der Waals surface area contributed by atoms with E-state index >= 15 is 0 Å². The summed E-state index contributed by atoms with van der Waals surface area (Å²) in [4.78, 5) is 20.4. The van der Waals surface area contributed by atoms with E-state index in [1.165, 1.54) is 12.1 Å². The third-order valence-electron chi connectivity index (χ3n) is 4.66. The fraction of sp³-hybridized carbons (Fsp3) is 0.391. The molecule has 0 N–H and O–H groups in total. The van der Waals surface area contributed by atoms with Gasteiger partial charge in [-0.15, -0.1) is 0 Å². The van der Waals surface area contributed by atoms with Crippen LogP contribution in [0.5, 0.6) is 0 Å². The first-order chi connectivity index (χ1) is 13.7. The predicted octanol–water partition coefficient (Wildman–Crippen LogP) is 5.44. The molecule has 2 aromatic carbocycles. The molecule has 0 aromatic heterocycles. The summed E-state index contributed by atoms with van der Waals surface area (Å²) in [5.41, 5.74) is 2.56. The van der Waals surface area contributed by atoms with Gasteiger partial charge in [-0.1, -0.05) is 61.8 Å². The molecular formula is C23H26ClFN2O2. The smallest absolute Gasteiger partial charge is 0.223 e. The maximum absolute atomic E-state index is 13.2. The van der Waals surface area contributed by atoms with Crippen LogP contribution in [-0.2, 0) is 16.2 Å². The lowest BCUT2D eigenvalue weighted by Crippen LogP contribution is -2.38. The molecule has 1 atom stereocenters. The molecule has 154 valence electrons. The van der Waals surface area contributed by atoms with Gasteiger partial charge >= 0.3 is 0 Å². The number of carbonyl (C=O) groups is 1. The van der Waals surface area contributed by atoms with Gasteiger partial charge in [0.2, 0.25) is 5.91 Å². The lowest BCUT2D eigenvalue weighted by atomic mass is 9.91. The summed E-state index contributed by atoms with van der Waals surface area (Å²) < 4.78 is 13.2. The van der Waals surface area contributed by atoms with Gasteiger partial charge in [0, 0.05) is 24.4 Å². The normalized spacial score (nSPS) is 16.3. The van der Waals surface area contributed by atoms with Crippen LogP contribution in [0.4, 0.5) is 4.39 Å². The molecule has 6 heteroatoms. The van der Waals surface area contributed by atoms with E-state index in [9.17, 15) is 9.18 Å². The average Bonchev–Trinajstić information content (AvgIpc) is 3.11.